The number of carbonyl (C=O) groups is 2. The lowest BCUT2D eigenvalue weighted by molar-refractivity contribution is -0.122. The highest BCUT2D eigenvalue weighted by Gasteiger charge is 2.34. The van der Waals surface area contributed by atoms with Gasteiger partial charge in [-0.3, -0.25) is 14.5 Å². The first kappa shape index (κ1) is 21.2. The number of terminal acetylenes is 1. The molecule has 156 valence electrons. The molecule has 2 heterocycles. The summed E-state index contributed by atoms with van der Waals surface area (Å²) in [5.74, 6) is 1.55. The molecule has 0 unspecified atom stereocenters. The highest BCUT2D eigenvalue weighted by Crippen LogP contribution is 2.35. The summed E-state index contributed by atoms with van der Waals surface area (Å²) in [6, 6.07) is 10.5. The van der Waals surface area contributed by atoms with Crippen LogP contribution in [0.15, 0.2) is 47.5 Å². The quantitative estimate of drug-likeness (QED) is 0.367. The van der Waals surface area contributed by atoms with Crippen LogP contribution >= 0.6 is 23.4 Å². The molecule has 0 aliphatic carbocycles. The Morgan fingerprint density at radius 2 is 2.00 bits per heavy atom. The number of amides is 2. The number of hydrogen-bond acceptors (Lipinski definition) is 3. The van der Waals surface area contributed by atoms with E-state index in [0.29, 0.717) is 15.5 Å². The van der Waals surface area contributed by atoms with Crippen molar-refractivity contribution in [1.82, 2.24) is 9.47 Å². The molecular weight excluding hydrogens is 435 g/mol. The van der Waals surface area contributed by atoms with Gasteiger partial charge in [0, 0.05) is 27.7 Å². The van der Waals surface area contributed by atoms with Crippen LogP contribution in [0, 0.1) is 18.2 Å². The van der Waals surface area contributed by atoms with Gasteiger partial charge in [-0.1, -0.05) is 48.7 Å². The van der Waals surface area contributed by atoms with Crippen LogP contribution < -0.4 is 0 Å². The molecule has 3 aromatic rings. The maximum Gasteiger partial charge on any atom is 0.294 e. The minimum absolute atomic E-state index is 0.0600. The van der Waals surface area contributed by atoms with Gasteiger partial charge in [-0.25, -0.2) is 4.39 Å². The van der Waals surface area contributed by atoms with E-state index in [-0.39, 0.29) is 24.1 Å². The van der Waals surface area contributed by atoms with E-state index in [9.17, 15) is 14.0 Å². The van der Waals surface area contributed by atoms with Crippen LogP contribution in [0.3, 0.4) is 0 Å². The molecule has 0 atom stereocenters. The standard InChI is InChI=1S/C24H18ClFN2O2S/c1-3-11-28-23(29)21(31-24(28)30)12-16-13-27(14-18-19(25)9-6-10-20(18)26)22-15(4-2)7-5-8-17(16)22/h1,5-10,12-13H,4,11,14H2,2H3/b21-12-. The normalized spacial score (nSPS) is 15.3. The summed E-state index contributed by atoms with van der Waals surface area (Å²) in [6.07, 6.45) is 9.61. The predicted molar refractivity (Wildman–Crippen MR) is 123 cm³/mol. The van der Waals surface area contributed by atoms with E-state index in [1.807, 2.05) is 35.9 Å². The Bertz CT molecular complexity index is 1270. The highest BCUT2D eigenvalue weighted by molar-refractivity contribution is 8.18. The van der Waals surface area contributed by atoms with Crippen LogP contribution in [-0.4, -0.2) is 27.2 Å². The number of nitrogens with zero attached hydrogens (tertiary/aromatic N) is 2. The Balaban J connectivity index is 1.84. The Kier molecular flexibility index (Phi) is 5.90. The van der Waals surface area contributed by atoms with Crippen molar-refractivity contribution in [2.24, 2.45) is 0 Å². The first-order valence-electron chi connectivity index (χ1n) is 9.67. The lowest BCUT2D eigenvalue weighted by Crippen LogP contribution is -2.28. The van der Waals surface area contributed by atoms with Gasteiger partial charge >= 0.3 is 0 Å². The molecule has 1 aliphatic heterocycles. The molecular formula is C24H18ClFN2O2S. The third-order valence-electron chi connectivity index (χ3n) is 5.19. The van der Waals surface area contributed by atoms with E-state index < -0.39 is 5.91 Å². The number of carbonyl (C=O) groups excluding carboxylic acids is 2. The largest absolute Gasteiger partial charge is 0.342 e. The third-order valence-corrected chi connectivity index (χ3v) is 6.45. The van der Waals surface area contributed by atoms with Gasteiger partial charge in [0.25, 0.3) is 11.1 Å². The van der Waals surface area contributed by atoms with Gasteiger partial charge in [0.1, 0.15) is 5.82 Å². The van der Waals surface area contributed by atoms with Gasteiger partial charge in [-0.05, 0) is 42.0 Å². The summed E-state index contributed by atoms with van der Waals surface area (Å²) in [6.45, 7) is 2.23. The molecule has 1 aromatic heterocycles. The summed E-state index contributed by atoms with van der Waals surface area (Å²) >= 11 is 7.12. The first-order chi connectivity index (χ1) is 14.9. The molecule has 0 radical (unpaired) electrons. The number of rotatable bonds is 5. The van der Waals surface area contributed by atoms with E-state index >= 15 is 0 Å². The summed E-state index contributed by atoms with van der Waals surface area (Å²) in [5, 5.41) is 0.883. The molecule has 4 nitrogen and oxygen atoms in total. The van der Waals surface area contributed by atoms with Gasteiger partial charge in [-0.15, -0.1) is 6.42 Å². The maximum atomic E-state index is 14.4. The number of benzene rings is 2. The molecule has 0 saturated carbocycles. The van der Waals surface area contributed by atoms with Crippen LogP contribution in [-0.2, 0) is 17.8 Å². The van der Waals surface area contributed by atoms with Gasteiger partial charge in [0.15, 0.2) is 0 Å². The number of fused-ring (bicyclic) bond motifs is 1. The highest BCUT2D eigenvalue weighted by atomic mass is 35.5. The fourth-order valence-electron chi connectivity index (χ4n) is 3.71. The molecule has 0 spiro atoms. The van der Waals surface area contributed by atoms with Crippen LogP contribution in [0.2, 0.25) is 5.02 Å². The van der Waals surface area contributed by atoms with E-state index in [4.69, 9.17) is 18.0 Å². The number of halogens is 2. The average molecular weight is 453 g/mol. The van der Waals surface area contributed by atoms with Gasteiger partial charge in [0.05, 0.1) is 23.5 Å². The van der Waals surface area contributed by atoms with Crippen molar-refractivity contribution in [3.8, 4) is 12.3 Å². The van der Waals surface area contributed by atoms with Crippen LogP contribution in [0.5, 0.6) is 0 Å². The fraction of sp³-hybridized carbons (Fsp3) is 0.167. The topological polar surface area (TPSA) is 42.3 Å². The zero-order valence-electron chi connectivity index (χ0n) is 16.7. The Morgan fingerprint density at radius 1 is 1.23 bits per heavy atom. The van der Waals surface area contributed by atoms with Crippen molar-refractivity contribution in [2.45, 2.75) is 19.9 Å². The molecule has 4 rings (SSSR count). The SMILES string of the molecule is C#CCN1C(=O)S/C(=C\c2cn(Cc3c(F)cccc3Cl)c3c(CC)cccc23)C1=O. The van der Waals surface area contributed by atoms with Crippen molar-refractivity contribution in [3.63, 3.8) is 0 Å². The maximum absolute atomic E-state index is 14.4. The van der Waals surface area contributed by atoms with Crippen LogP contribution in [0.1, 0.15) is 23.6 Å². The molecule has 1 fully saturated rings. The number of aromatic nitrogens is 1. The van der Waals surface area contributed by atoms with Gasteiger partial charge < -0.3 is 4.57 Å². The minimum Gasteiger partial charge on any atom is -0.342 e. The number of aryl methyl sites for hydroxylation is 1. The van der Waals surface area contributed by atoms with E-state index in [0.717, 1.165) is 45.1 Å². The third kappa shape index (κ3) is 3.87. The summed E-state index contributed by atoms with van der Waals surface area (Å²) in [4.78, 5) is 26.1. The van der Waals surface area contributed by atoms with Gasteiger partial charge in [-0.2, -0.15) is 0 Å². The molecule has 31 heavy (non-hydrogen) atoms. The molecule has 1 aliphatic rings. The second-order valence-corrected chi connectivity index (χ2v) is 8.45. The van der Waals surface area contributed by atoms with Crippen molar-refractivity contribution in [3.05, 3.63) is 75.0 Å². The summed E-state index contributed by atoms with van der Waals surface area (Å²) in [5.41, 5.74) is 3.19. The zero-order valence-corrected chi connectivity index (χ0v) is 18.3. The van der Waals surface area contributed by atoms with Gasteiger partial charge in [0.2, 0.25) is 0 Å². The lowest BCUT2D eigenvalue weighted by atomic mass is 10.1. The Hall–Kier alpha value is -3.01. The van der Waals surface area contributed by atoms with E-state index in [1.165, 1.54) is 6.07 Å². The number of hydrogen-bond donors (Lipinski definition) is 0. The first-order valence-corrected chi connectivity index (χ1v) is 10.9. The molecule has 2 aromatic carbocycles. The van der Waals surface area contributed by atoms with Crippen molar-refractivity contribution in [2.75, 3.05) is 6.54 Å². The summed E-state index contributed by atoms with van der Waals surface area (Å²) < 4.78 is 16.4. The predicted octanol–water partition coefficient (Wildman–Crippen LogP) is 5.71. The zero-order chi connectivity index (χ0) is 22.1. The monoisotopic (exact) mass is 452 g/mol. The minimum atomic E-state index is -0.405. The molecule has 2 amide bonds. The van der Waals surface area contributed by atoms with Crippen molar-refractivity contribution >= 4 is 51.5 Å². The number of imide groups is 1. The second-order valence-electron chi connectivity index (χ2n) is 7.05. The fourth-order valence-corrected chi connectivity index (χ4v) is 4.76. The Morgan fingerprint density at radius 3 is 2.71 bits per heavy atom. The summed E-state index contributed by atoms with van der Waals surface area (Å²) in [7, 11) is 0. The van der Waals surface area contributed by atoms with Crippen molar-refractivity contribution in [1.29, 1.82) is 0 Å². The van der Waals surface area contributed by atoms with Crippen LogP contribution in [0.25, 0.3) is 17.0 Å². The Labute approximate surface area is 188 Å². The smallest absolute Gasteiger partial charge is 0.294 e. The van der Waals surface area contributed by atoms with Crippen molar-refractivity contribution < 1.29 is 14.0 Å². The van der Waals surface area contributed by atoms with Crippen LogP contribution in [0.4, 0.5) is 9.18 Å². The van der Waals surface area contributed by atoms with E-state index in [1.54, 1.807) is 18.2 Å². The second kappa shape index (κ2) is 8.62. The lowest BCUT2D eigenvalue weighted by Gasteiger charge is -2.11. The molecule has 0 N–H and O–H groups in total. The number of thioether (sulfide) groups is 1. The van der Waals surface area contributed by atoms with E-state index in [2.05, 4.69) is 5.92 Å². The average Bonchev–Trinajstić information content (AvgIpc) is 3.23. The molecule has 7 heteroatoms. The number of para-hydroxylation sites is 1. The molecule has 0 bridgehead atoms. The molecule has 1 saturated heterocycles.